The summed E-state index contributed by atoms with van der Waals surface area (Å²) in [4.78, 5) is 0. The molecular weight excluding hydrogens is 300 g/mol. The lowest BCUT2D eigenvalue weighted by Crippen LogP contribution is -1.84. The number of phenols is 1. The van der Waals surface area contributed by atoms with Gasteiger partial charge < -0.3 is 5.11 Å². The Morgan fingerprint density at radius 2 is 1.63 bits per heavy atom. The summed E-state index contributed by atoms with van der Waals surface area (Å²) >= 11 is 3.43. The number of aryl methyl sites for hydroxylation is 1. The fourth-order valence-corrected chi connectivity index (χ4v) is 2.91. The van der Waals surface area contributed by atoms with Crippen molar-refractivity contribution in [3.8, 4) is 16.9 Å². The van der Waals surface area contributed by atoms with Gasteiger partial charge in [0.1, 0.15) is 5.75 Å². The Morgan fingerprint density at radius 3 is 2.37 bits per heavy atom. The van der Waals surface area contributed by atoms with Gasteiger partial charge in [-0.05, 0) is 52.6 Å². The number of phenolic OH excluding ortho intramolecular Hbond substituents is 1. The number of fused-ring (bicyclic) bond motifs is 1. The summed E-state index contributed by atoms with van der Waals surface area (Å²) in [5.41, 5.74) is 3.42. The quantitative estimate of drug-likeness (QED) is 0.648. The van der Waals surface area contributed by atoms with E-state index in [1.807, 2.05) is 12.1 Å². The summed E-state index contributed by atoms with van der Waals surface area (Å²) in [6, 6.07) is 18.1. The second-order valence-corrected chi connectivity index (χ2v) is 5.59. The van der Waals surface area contributed by atoms with Gasteiger partial charge in [0.25, 0.3) is 0 Å². The Labute approximate surface area is 120 Å². The van der Waals surface area contributed by atoms with Gasteiger partial charge >= 0.3 is 0 Å². The van der Waals surface area contributed by atoms with Crippen LogP contribution in [0.25, 0.3) is 21.9 Å². The SMILES string of the molecule is Cc1ccc(-c2cc(O)cc(Br)c2)c2ccccc12. The van der Waals surface area contributed by atoms with Crippen LogP contribution in [0.3, 0.4) is 0 Å². The molecule has 0 bridgehead atoms. The summed E-state index contributed by atoms with van der Waals surface area (Å²) < 4.78 is 0.882. The number of benzene rings is 3. The molecule has 0 atom stereocenters. The summed E-state index contributed by atoms with van der Waals surface area (Å²) in [7, 11) is 0. The van der Waals surface area contributed by atoms with Gasteiger partial charge in [0.05, 0.1) is 0 Å². The van der Waals surface area contributed by atoms with Gasteiger partial charge in [-0.3, -0.25) is 0 Å². The Kier molecular flexibility index (Phi) is 3.03. The average molecular weight is 313 g/mol. The highest BCUT2D eigenvalue weighted by molar-refractivity contribution is 9.10. The van der Waals surface area contributed by atoms with Crippen molar-refractivity contribution in [1.29, 1.82) is 0 Å². The number of aromatic hydroxyl groups is 1. The highest BCUT2D eigenvalue weighted by Crippen LogP contribution is 2.34. The summed E-state index contributed by atoms with van der Waals surface area (Å²) in [5, 5.41) is 12.2. The van der Waals surface area contributed by atoms with Crippen molar-refractivity contribution >= 4 is 26.7 Å². The van der Waals surface area contributed by atoms with Crippen molar-refractivity contribution in [2.24, 2.45) is 0 Å². The highest BCUT2D eigenvalue weighted by atomic mass is 79.9. The van der Waals surface area contributed by atoms with Crippen molar-refractivity contribution in [1.82, 2.24) is 0 Å². The van der Waals surface area contributed by atoms with Crippen LogP contribution < -0.4 is 0 Å². The third-order valence-corrected chi connectivity index (χ3v) is 3.79. The molecule has 0 aliphatic heterocycles. The number of rotatable bonds is 1. The highest BCUT2D eigenvalue weighted by Gasteiger charge is 2.07. The Hall–Kier alpha value is -1.80. The normalized spacial score (nSPS) is 10.8. The topological polar surface area (TPSA) is 20.2 Å². The molecule has 3 rings (SSSR count). The average Bonchev–Trinajstić information content (AvgIpc) is 2.38. The van der Waals surface area contributed by atoms with E-state index in [1.165, 1.54) is 16.3 Å². The second kappa shape index (κ2) is 4.71. The van der Waals surface area contributed by atoms with Crippen LogP contribution in [-0.4, -0.2) is 5.11 Å². The first-order valence-electron chi connectivity index (χ1n) is 6.13. The third-order valence-electron chi connectivity index (χ3n) is 3.34. The monoisotopic (exact) mass is 312 g/mol. The zero-order valence-electron chi connectivity index (χ0n) is 10.5. The summed E-state index contributed by atoms with van der Waals surface area (Å²) in [5.74, 6) is 0.272. The van der Waals surface area contributed by atoms with Crippen LogP contribution in [0.1, 0.15) is 5.56 Å². The number of halogens is 1. The maximum absolute atomic E-state index is 9.75. The molecule has 1 N–H and O–H groups in total. The Bertz CT molecular complexity index is 742. The van der Waals surface area contributed by atoms with E-state index in [2.05, 4.69) is 53.2 Å². The molecule has 0 aromatic heterocycles. The molecule has 19 heavy (non-hydrogen) atoms. The van der Waals surface area contributed by atoms with Crippen molar-refractivity contribution in [2.45, 2.75) is 6.92 Å². The van der Waals surface area contributed by atoms with Crippen LogP contribution >= 0.6 is 15.9 Å². The molecule has 0 saturated carbocycles. The minimum atomic E-state index is 0.272. The van der Waals surface area contributed by atoms with E-state index in [0.29, 0.717) is 0 Å². The van der Waals surface area contributed by atoms with Gasteiger partial charge in [-0.15, -0.1) is 0 Å². The molecule has 0 aliphatic carbocycles. The summed E-state index contributed by atoms with van der Waals surface area (Å²) in [6.45, 7) is 2.12. The zero-order valence-corrected chi connectivity index (χ0v) is 12.1. The van der Waals surface area contributed by atoms with Gasteiger partial charge in [0, 0.05) is 4.47 Å². The second-order valence-electron chi connectivity index (χ2n) is 4.67. The fourth-order valence-electron chi connectivity index (χ4n) is 2.43. The first-order valence-corrected chi connectivity index (χ1v) is 6.93. The van der Waals surface area contributed by atoms with E-state index in [4.69, 9.17) is 0 Å². The van der Waals surface area contributed by atoms with Crippen molar-refractivity contribution in [3.05, 3.63) is 64.6 Å². The molecule has 0 heterocycles. The smallest absolute Gasteiger partial charge is 0.117 e. The number of hydrogen-bond acceptors (Lipinski definition) is 1. The van der Waals surface area contributed by atoms with E-state index in [0.717, 1.165) is 15.6 Å². The molecule has 0 fully saturated rings. The predicted molar refractivity (Wildman–Crippen MR) is 83.5 cm³/mol. The first-order chi connectivity index (χ1) is 9.15. The largest absolute Gasteiger partial charge is 0.508 e. The lowest BCUT2D eigenvalue weighted by atomic mass is 9.95. The van der Waals surface area contributed by atoms with Crippen LogP contribution in [0.4, 0.5) is 0 Å². The van der Waals surface area contributed by atoms with Gasteiger partial charge in [-0.1, -0.05) is 52.3 Å². The lowest BCUT2D eigenvalue weighted by molar-refractivity contribution is 0.475. The molecule has 0 radical (unpaired) electrons. The lowest BCUT2D eigenvalue weighted by Gasteiger charge is -2.10. The third kappa shape index (κ3) is 2.24. The summed E-state index contributed by atoms with van der Waals surface area (Å²) in [6.07, 6.45) is 0. The molecule has 94 valence electrons. The molecule has 2 heteroatoms. The van der Waals surface area contributed by atoms with Gasteiger partial charge in [-0.2, -0.15) is 0 Å². The van der Waals surface area contributed by atoms with E-state index in [1.54, 1.807) is 12.1 Å². The minimum absolute atomic E-state index is 0.272. The van der Waals surface area contributed by atoms with Gasteiger partial charge in [-0.25, -0.2) is 0 Å². The van der Waals surface area contributed by atoms with Gasteiger partial charge in [0.15, 0.2) is 0 Å². The van der Waals surface area contributed by atoms with Gasteiger partial charge in [0.2, 0.25) is 0 Å². The van der Waals surface area contributed by atoms with Crippen molar-refractivity contribution < 1.29 is 5.11 Å². The predicted octanol–water partition coefficient (Wildman–Crippen LogP) is 5.28. The van der Waals surface area contributed by atoms with Crippen LogP contribution in [-0.2, 0) is 0 Å². The molecule has 0 spiro atoms. The maximum Gasteiger partial charge on any atom is 0.117 e. The van der Waals surface area contributed by atoms with Crippen molar-refractivity contribution in [3.63, 3.8) is 0 Å². The molecule has 0 unspecified atom stereocenters. The Morgan fingerprint density at radius 1 is 0.895 bits per heavy atom. The van der Waals surface area contributed by atoms with Crippen LogP contribution in [0, 0.1) is 6.92 Å². The van der Waals surface area contributed by atoms with E-state index < -0.39 is 0 Å². The number of hydrogen-bond donors (Lipinski definition) is 1. The molecular formula is C17H13BrO. The molecule has 0 amide bonds. The van der Waals surface area contributed by atoms with Crippen LogP contribution in [0.2, 0.25) is 0 Å². The fraction of sp³-hybridized carbons (Fsp3) is 0.0588. The zero-order chi connectivity index (χ0) is 13.4. The maximum atomic E-state index is 9.75. The van der Waals surface area contributed by atoms with E-state index in [-0.39, 0.29) is 5.75 Å². The van der Waals surface area contributed by atoms with E-state index in [9.17, 15) is 5.11 Å². The molecule has 1 nitrogen and oxygen atoms in total. The molecule has 0 aliphatic rings. The minimum Gasteiger partial charge on any atom is -0.508 e. The Balaban J connectivity index is 2.34. The molecule has 3 aromatic carbocycles. The van der Waals surface area contributed by atoms with Crippen LogP contribution in [0.5, 0.6) is 5.75 Å². The first kappa shape index (κ1) is 12.2. The van der Waals surface area contributed by atoms with E-state index >= 15 is 0 Å². The molecule has 0 saturated heterocycles. The van der Waals surface area contributed by atoms with Crippen molar-refractivity contribution in [2.75, 3.05) is 0 Å². The molecule has 3 aromatic rings. The standard InChI is InChI=1S/C17H13BrO/c1-11-6-7-16(17-5-3-2-4-15(11)17)12-8-13(18)10-14(19)9-12/h2-10,19H,1H3. The van der Waals surface area contributed by atoms with Crippen LogP contribution in [0.15, 0.2) is 59.1 Å².